The summed E-state index contributed by atoms with van der Waals surface area (Å²) in [7, 11) is 0. The van der Waals surface area contributed by atoms with Gasteiger partial charge < -0.3 is 5.32 Å². The summed E-state index contributed by atoms with van der Waals surface area (Å²) in [6.45, 7) is 0. The van der Waals surface area contributed by atoms with Crippen LogP contribution < -0.4 is 5.32 Å². The molecule has 130 valence electrons. The van der Waals surface area contributed by atoms with Gasteiger partial charge in [0.05, 0.1) is 5.56 Å². The second-order valence-electron chi connectivity index (χ2n) is 5.47. The number of aromatic nitrogens is 3. The summed E-state index contributed by atoms with van der Waals surface area (Å²) in [5, 5.41) is 18.5. The first-order chi connectivity index (χ1) is 12.6. The minimum Gasteiger partial charge on any atom is -0.310 e. The maximum atomic E-state index is 13.6. The van der Waals surface area contributed by atoms with Crippen LogP contribution in [-0.2, 0) is 11.2 Å². The zero-order valence-corrected chi connectivity index (χ0v) is 14.2. The minimum absolute atomic E-state index is 0.0221. The Morgan fingerprint density at radius 2 is 2.08 bits per heavy atom. The molecule has 3 rings (SSSR count). The second kappa shape index (κ2) is 7.76. The van der Waals surface area contributed by atoms with Crippen molar-refractivity contribution in [1.82, 2.24) is 15.2 Å². The van der Waals surface area contributed by atoms with Crippen molar-refractivity contribution in [1.29, 1.82) is 5.26 Å². The summed E-state index contributed by atoms with van der Waals surface area (Å²) in [5.74, 6) is -0.583. The molecule has 0 aliphatic carbocycles. The third-order valence-corrected chi connectivity index (χ3v) is 4.09. The SMILES string of the molecule is N#Cc1ccc(CCC(=O)Nc2[nH]nc(-c3ccncc3)c2Cl)cc1F. The number of nitriles is 1. The summed E-state index contributed by atoms with van der Waals surface area (Å²) in [4.78, 5) is 16.0. The number of carbonyl (C=O) groups is 1. The van der Waals surface area contributed by atoms with Crippen LogP contribution in [0.1, 0.15) is 17.5 Å². The van der Waals surface area contributed by atoms with Gasteiger partial charge in [0.2, 0.25) is 5.91 Å². The molecule has 0 atom stereocenters. The van der Waals surface area contributed by atoms with Crippen LogP contribution in [0, 0.1) is 17.1 Å². The zero-order valence-electron chi connectivity index (χ0n) is 13.5. The van der Waals surface area contributed by atoms with E-state index in [0.29, 0.717) is 28.5 Å². The van der Waals surface area contributed by atoms with Gasteiger partial charge in [0.1, 0.15) is 28.4 Å². The van der Waals surface area contributed by atoms with E-state index < -0.39 is 5.82 Å². The van der Waals surface area contributed by atoms with Gasteiger partial charge in [-0.3, -0.25) is 14.9 Å². The van der Waals surface area contributed by atoms with Crippen molar-refractivity contribution in [2.45, 2.75) is 12.8 Å². The van der Waals surface area contributed by atoms with Gasteiger partial charge in [0.15, 0.2) is 0 Å². The standard InChI is InChI=1S/C18H13ClFN5O/c19-16-17(12-5-7-22-8-6-12)24-25-18(16)23-15(26)4-2-11-1-3-13(10-21)14(20)9-11/h1,3,5-9H,2,4H2,(H2,23,24,25,26). The molecule has 0 saturated carbocycles. The van der Waals surface area contributed by atoms with E-state index in [1.54, 1.807) is 36.7 Å². The molecule has 0 aliphatic heterocycles. The van der Waals surface area contributed by atoms with E-state index in [1.807, 2.05) is 0 Å². The number of hydrogen-bond acceptors (Lipinski definition) is 4. The van der Waals surface area contributed by atoms with Gasteiger partial charge in [-0.25, -0.2) is 4.39 Å². The normalized spacial score (nSPS) is 10.3. The largest absolute Gasteiger partial charge is 0.310 e. The van der Waals surface area contributed by atoms with Crippen molar-refractivity contribution >= 4 is 23.3 Å². The number of aromatic amines is 1. The average Bonchev–Trinajstić information content (AvgIpc) is 3.01. The summed E-state index contributed by atoms with van der Waals surface area (Å²) in [6.07, 6.45) is 3.70. The van der Waals surface area contributed by atoms with Crippen LogP contribution in [0.3, 0.4) is 0 Å². The third-order valence-electron chi connectivity index (χ3n) is 3.72. The van der Waals surface area contributed by atoms with E-state index in [-0.39, 0.29) is 17.9 Å². The molecule has 3 aromatic rings. The number of hydrogen-bond donors (Lipinski definition) is 2. The van der Waals surface area contributed by atoms with Crippen molar-refractivity contribution < 1.29 is 9.18 Å². The summed E-state index contributed by atoms with van der Waals surface area (Å²) in [6, 6.07) is 9.56. The first kappa shape index (κ1) is 17.6. The number of anilines is 1. The van der Waals surface area contributed by atoms with E-state index in [0.717, 1.165) is 5.56 Å². The highest BCUT2D eigenvalue weighted by atomic mass is 35.5. The van der Waals surface area contributed by atoms with Crippen LogP contribution in [-0.4, -0.2) is 21.1 Å². The molecule has 6 nitrogen and oxygen atoms in total. The van der Waals surface area contributed by atoms with Crippen LogP contribution >= 0.6 is 11.6 Å². The minimum atomic E-state index is -0.594. The topological polar surface area (TPSA) is 94.5 Å². The Morgan fingerprint density at radius 1 is 1.31 bits per heavy atom. The first-order valence-corrected chi connectivity index (χ1v) is 8.09. The lowest BCUT2D eigenvalue weighted by Crippen LogP contribution is -2.13. The van der Waals surface area contributed by atoms with Gasteiger partial charge in [-0.1, -0.05) is 17.7 Å². The highest BCUT2D eigenvalue weighted by molar-refractivity contribution is 6.35. The van der Waals surface area contributed by atoms with Crippen molar-refractivity contribution in [2.24, 2.45) is 0 Å². The number of amides is 1. The van der Waals surface area contributed by atoms with Crippen molar-refractivity contribution in [3.05, 3.63) is 64.7 Å². The fourth-order valence-corrected chi connectivity index (χ4v) is 2.62. The molecular weight excluding hydrogens is 357 g/mol. The molecule has 0 bridgehead atoms. The van der Waals surface area contributed by atoms with E-state index >= 15 is 0 Å². The summed E-state index contributed by atoms with van der Waals surface area (Å²) >= 11 is 6.27. The quantitative estimate of drug-likeness (QED) is 0.716. The molecular formula is C18H13ClFN5O. The number of carbonyl (C=O) groups excluding carboxylic acids is 1. The van der Waals surface area contributed by atoms with Gasteiger partial charge in [0.25, 0.3) is 0 Å². The molecule has 1 aromatic carbocycles. The fraction of sp³-hybridized carbons (Fsp3) is 0.111. The number of nitrogens with one attached hydrogen (secondary N) is 2. The number of benzene rings is 1. The van der Waals surface area contributed by atoms with E-state index in [2.05, 4.69) is 20.5 Å². The maximum Gasteiger partial charge on any atom is 0.225 e. The number of H-pyrrole nitrogens is 1. The number of rotatable bonds is 5. The van der Waals surface area contributed by atoms with Crippen LogP contribution in [0.5, 0.6) is 0 Å². The van der Waals surface area contributed by atoms with E-state index in [9.17, 15) is 9.18 Å². The van der Waals surface area contributed by atoms with E-state index in [1.165, 1.54) is 12.1 Å². The van der Waals surface area contributed by atoms with Gasteiger partial charge in [-0.05, 0) is 36.2 Å². The second-order valence-corrected chi connectivity index (χ2v) is 5.85. The molecule has 0 unspecified atom stereocenters. The number of aryl methyl sites for hydroxylation is 1. The Morgan fingerprint density at radius 3 is 2.77 bits per heavy atom. The molecule has 2 heterocycles. The molecule has 2 N–H and O–H groups in total. The lowest BCUT2D eigenvalue weighted by atomic mass is 10.1. The Kier molecular flexibility index (Phi) is 5.25. The fourth-order valence-electron chi connectivity index (χ4n) is 2.38. The summed E-state index contributed by atoms with van der Waals surface area (Å²) in [5.41, 5.74) is 1.89. The van der Waals surface area contributed by atoms with Gasteiger partial charge in [-0.2, -0.15) is 10.4 Å². The van der Waals surface area contributed by atoms with Crippen LogP contribution in [0.4, 0.5) is 10.2 Å². The van der Waals surface area contributed by atoms with Crippen LogP contribution in [0.15, 0.2) is 42.7 Å². The summed E-state index contributed by atoms with van der Waals surface area (Å²) < 4.78 is 13.6. The molecule has 2 aromatic heterocycles. The lowest BCUT2D eigenvalue weighted by molar-refractivity contribution is -0.116. The van der Waals surface area contributed by atoms with Crippen molar-refractivity contribution in [3.8, 4) is 17.3 Å². The maximum absolute atomic E-state index is 13.6. The first-order valence-electron chi connectivity index (χ1n) is 7.71. The Bertz CT molecular complexity index is 981. The predicted octanol–water partition coefficient (Wildman–Crippen LogP) is 3.71. The van der Waals surface area contributed by atoms with Crippen LogP contribution in [0.2, 0.25) is 5.02 Å². The Labute approximate surface area is 153 Å². The van der Waals surface area contributed by atoms with Gasteiger partial charge in [-0.15, -0.1) is 0 Å². The molecule has 0 saturated heterocycles. The van der Waals surface area contributed by atoms with E-state index in [4.69, 9.17) is 16.9 Å². The number of nitrogens with zero attached hydrogens (tertiary/aromatic N) is 3. The van der Waals surface area contributed by atoms with Crippen LogP contribution in [0.25, 0.3) is 11.3 Å². The Hall–Kier alpha value is -3.24. The van der Waals surface area contributed by atoms with Crippen molar-refractivity contribution in [3.63, 3.8) is 0 Å². The molecule has 0 spiro atoms. The number of halogens is 2. The molecule has 0 radical (unpaired) electrons. The van der Waals surface area contributed by atoms with Gasteiger partial charge in [0, 0.05) is 24.4 Å². The highest BCUT2D eigenvalue weighted by Gasteiger charge is 2.15. The zero-order chi connectivity index (χ0) is 18.5. The van der Waals surface area contributed by atoms with Gasteiger partial charge >= 0.3 is 0 Å². The molecule has 0 fully saturated rings. The molecule has 0 aliphatic rings. The lowest BCUT2D eigenvalue weighted by Gasteiger charge is -2.04. The Balaban J connectivity index is 1.63. The average molecular weight is 370 g/mol. The highest BCUT2D eigenvalue weighted by Crippen LogP contribution is 2.31. The molecule has 1 amide bonds. The predicted molar refractivity (Wildman–Crippen MR) is 94.9 cm³/mol. The number of pyridine rings is 1. The molecule has 8 heteroatoms. The smallest absolute Gasteiger partial charge is 0.225 e. The third kappa shape index (κ3) is 3.87. The van der Waals surface area contributed by atoms with Crippen molar-refractivity contribution in [2.75, 3.05) is 5.32 Å². The molecule has 26 heavy (non-hydrogen) atoms. The monoisotopic (exact) mass is 369 g/mol.